The zero-order valence-corrected chi connectivity index (χ0v) is 13.0. The summed E-state index contributed by atoms with van der Waals surface area (Å²) in [5, 5.41) is 6.17. The first-order valence-corrected chi connectivity index (χ1v) is 6.89. The molecule has 1 aromatic carbocycles. The Morgan fingerprint density at radius 2 is 1.91 bits per heavy atom. The van der Waals surface area contributed by atoms with Gasteiger partial charge in [-0.05, 0) is 51.0 Å². The molecule has 0 aliphatic rings. The number of benzene rings is 1. The molecule has 0 aliphatic heterocycles. The summed E-state index contributed by atoms with van der Waals surface area (Å²) in [4.78, 5) is 24.0. The number of aromatic nitrogens is 1. The molecule has 0 fully saturated rings. The van der Waals surface area contributed by atoms with Crippen LogP contribution in [0, 0.1) is 20.8 Å². The molecule has 0 bridgehead atoms. The molecule has 0 spiro atoms. The molecule has 1 heterocycles. The van der Waals surface area contributed by atoms with Crippen molar-refractivity contribution in [3.63, 3.8) is 0 Å². The SMILES string of the molecule is Cc1cc(NC(=O)C(C)OC(=O)c2ccc(C)c(C)c2)no1. The minimum atomic E-state index is -0.939. The number of carbonyl (C=O) groups excluding carboxylic acids is 2. The molecule has 1 N–H and O–H groups in total. The summed E-state index contributed by atoms with van der Waals surface area (Å²) in [6.45, 7) is 7.09. The van der Waals surface area contributed by atoms with Gasteiger partial charge in [0.2, 0.25) is 0 Å². The van der Waals surface area contributed by atoms with Crippen LogP contribution in [-0.2, 0) is 9.53 Å². The predicted octanol–water partition coefficient (Wildman–Crippen LogP) is 2.78. The second-order valence-corrected chi connectivity index (χ2v) is 5.16. The normalized spacial score (nSPS) is 11.8. The van der Waals surface area contributed by atoms with Gasteiger partial charge in [0.25, 0.3) is 5.91 Å². The Morgan fingerprint density at radius 3 is 2.50 bits per heavy atom. The average Bonchev–Trinajstić information content (AvgIpc) is 2.86. The van der Waals surface area contributed by atoms with Crippen LogP contribution in [0.2, 0.25) is 0 Å². The second kappa shape index (κ2) is 6.43. The summed E-state index contributed by atoms with van der Waals surface area (Å²) in [6, 6.07) is 6.84. The van der Waals surface area contributed by atoms with Gasteiger partial charge in [-0.15, -0.1) is 0 Å². The molecule has 1 amide bonds. The Balaban J connectivity index is 1.98. The van der Waals surface area contributed by atoms with E-state index in [-0.39, 0.29) is 5.82 Å². The highest BCUT2D eigenvalue weighted by atomic mass is 16.5. The zero-order chi connectivity index (χ0) is 16.3. The highest BCUT2D eigenvalue weighted by molar-refractivity contribution is 5.96. The first kappa shape index (κ1) is 15.8. The van der Waals surface area contributed by atoms with E-state index in [1.54, 1.807) is 25.1 Å². The van der Waals surface area contributed by atoms with E-state index < -0.39 is 18.0 Å². The number of carbonyl (C=O) groups is 2. The van der Waals surface area contributed by atoms with E-state index in [4.69, 9.17) is 9.26 Å². The zero-order valence-electron chi connectivity index (χ0n) is 13.0. The lowest BCUT2D eigenvalue weighted by molar-refractivity contribution is -0.123. The summed E-state index contributed by atoms with van der Waals surface area (Å²) in [5.74, 6) is -0.140. The molecule has 22 heavy (non-hydrogen) atoms. The van der Waals surface area contributed by atoms with Gasteiger partial charge in [0.05, 0.1) is 5.56 Å². The molecule has 0 aliphatic carbocycles. The summed E-state index contributed by atoms with van der Waals surface area (Å²) >= 11 is 0. The number of hydrogen-bond acceptors (Lipinski definition) is 5. The lowest BCUT2D eigenvalue weighted by Gasteiger charge is -2.12. The van der Waals surface area contributed by atoms with E-state index in [0.717, 1.165) is 11.1 Å². The van der Waals surface area contributed by atoms with Crippen LogP contribution < -0.4 is 5.32 Å². The number of aryl methyl sites for hydroxylation is 3. The first-order valence-electron chi connectivity index (χ1n) is 6.89. The van der Waals surface area contributed by atoms with Gasteiger partial charge in [-0.1, -0.05) is 11.2 Å². The number of nitrogens with zero attached hydrogens (tertiary/aromatic N) is 1. The van der Waals surface area contributed by atoms with Gasteiger partial charge in [-0.25, -0.2) is 4.79 Å². The van der Waals surface area contributed by atoms with Gasteiger partial charge in [-0.3, -0.25) is 4.79 Å². The number of amides is 1. The molecular formula is C16H18N2O4. The fraction of sp³-hybridized carbons (Fsp3) is 0.312. The lowest BCUT2D eigenvalue weighted by atomic mass is 10.1. The van der Waals surface area contributed by atoms with Gasteiger partial charge >= 0.3 is 5.97 Å². The van der Waals surface area contributed by atoms with Crippen LogP contribution in [-0.4, -0.2) is 23.1 Å². The van der Waals surface area contributed by atoms with E-state index in [0.29, 0.717) is 11.3 Å². The van der Waals surface area contributed by atoms with E-state index in [9.17, 15) is 9.59 Å². The molecule has 2 aromatic rings. The number of esters is 1. The number of nitrogens with one attached hydrogen (secondary N) is 1. The summed E-state index contributed by atoms with van der Waals surface area (Å²) in [6.07, 6.45) is -0.939. The largest absolute Gasteiger partial charge is 0.449 e. The molecule has 116 valence electrons. The van der Waals surface area contributed by atoms with E-state index in [1.165, 1.54) is 6.92 Å². The van der Waals surface area contributed by atoms with Crippen molar-refractivity contribution in [2.45, 2.75) is 33.8 Å². The molecule has 1 unspecified atom stereocenters. The fourth-order valence-corrected chi connectivity index (χ4v) is 1.80. The predicted molar refractivity (Wildman–Crippen MR) is 80.7 cm³/mol. The minimum absolute atomic E-state index is 0.288. The summed E-state index contributed by atoms with van der Waals surface area (Å²) in [5.41, 5.74) is 2.49. The third kappa shape index (κ3) is 3.72. The van der Waals surface area contributed by atoms with Crippen molar-refractivity contribution >= 4 is 17.7 Å². The maximum Gasteiger partial charge on any atom is 0.338 e. The molecule has 2 rings (SSSR count). The second-order valence-electron chi connectivity index (χ2n) is 5.16. The van der Waals surface area contributed by atoms with Crippen molar-refractivity contribution < 1.29 is 18.8 Å². The maximum absolute atomic E-state index is 12.0. The Bertz CT molecular complexity index is 706. The average molecular weight is 302 g/mol. The van der Waals surface area contributed by atoms with Gasteiger partial charge in [-0.2, -0.15) is 0 Å². The summed E-state index contributed by atoms with van der Waals surface area (Å²) in [7, 11) is 0. The molecular weight excluding hydrogens is 284 g/mol. The van der Waals surface area contributed by atoms with Crippen LogP contribution >= 0.6 is 0 Å². The standard InChI is InChI=1S/C16H18N2O4/c1-9-5-6-13(7-10(9)2)16(20)21-12(4)15(19)17-14-8-11(3)22-18-14/h5-8,12H,1-4H3,(H,17,18,19). The van der Waals surface area contributed by atoms with Crippen molar-refractivity contribution in [2.75, 3.05) is 5.32 Å². The van der Waals surface area contributed by atoms with Gasteiger partial charge < -0.3 is 14.6 Å². The number of anilines is 1. The van der Waals surface area contributed by atoms with Crippen LogP contribution in [0.15, 0.2) is 28.8 Å². The highest BCUT2D eigenvalue weighted by Crippen LogP contribution is 2.13. The third-order valence-corrected chi connectivity index (χ3v) is 3.27. The Labute approximate surface area is 128 Å². The monoisotopic (exact) mass is 302 g/mol. The van der Waals surface area contributed by atoms with Crippen molar-refractivity contribution in [3.05, 3.63) is 46.7 Å². The van der Waals surface area contributed by atoms with Crippen molar-refractivity contribution in [3.8, 4) is 0 Å². The fourth-order valence-electron chi connectivity index (χ4n) is 1.80. The molecule has 0 saturated heterocycles. The van der Waals surface area contributed by atoms with Gasteiger partial charge in [0.15, 0.2) is 11.9 Å². The Morgan fingerprint density at radius 1 is 1.18 bits per heavy atom. The topological polar surface area (TPSA) is 81.4 Å². The molecule has 1 aromatic heterocycles. The van der Waals surface area contributed by atoms with E-state index in [1.807, 2.05) is 19.9 Å². The lowest BCUT2D eigenvalue weighted by Crippen LogP contribution is -2.30. The van der Waals surface area contributed by atoms with Crippen LogP contribution in [0.3, 0.4) is 0 Å². The van der Waals surface area contributed by atoms with Crippen LogP contribution in [0.5, 0.6) is 0 Å². The highest BCUT2D eigenvalue weighted by Gasteiger charge is 2.20. The number of hydrogen-bond donors (Lipinski definition) is 1. The minimum Gasteiger partial charge on any atom is -0.449 e. The van der Waals surface area contributed by atoms with Gasteiger partial charge in [0, 0.05) is 6.07 Å². The molecule has 6 nitrogen and oxygen atoms in total. The molecule has 6 heteroatoms. The van der Waals surface area contributed by atoms with Crippen molar-refractivity contribution in [2.24, 2.45) is 0 Å². The smallest absolute Gasteiger partial charge is 0.338 e. The van der Waals surface area contributed by atoms with E-state index >= 15 is 0 Å². The number of rotatable bonds is 4. The van der Waals surface area contributed by atoms with Crippen LogP contribution in [0.25, 0.3) is 0 Å². The summed E-state index contributed by atoms with van der Waals surface area (Å²) < 4.78 is 10.0. The van der Waals surface area contributed by atoms with Crippen molar-refractivity contribution in [1.82, 2.24) is 5.16 Å². The quantitative estimate of drug-likeness (QED) is 0.878. The molecule has 1 atom stereocenters. The van der Waals surface area contributed by atoms with Gasteiger partial charge in [0.1, 0.15) is 5.76 Å². The Hall–Kier alpha value is -2.63. The van der Waals surface area contributed by atoms with Crippen molar-refractivity contribution in [1.29, 1.82) is 0 Å². The first-order chi connectivity index (χ1) is 10.4. The number of ether oxygens (including phenoxy) is 1. The maximum atomic E-state index is 12.0. The molecule has 0 radical (unpaired) electrons. The van der Waals surface area contributed by atoms with E-state index in [2.05, 4.69) is 10.5 Å². The van der Waals surface area contributed by atoms with Crippen LogP contribution in [0.1, 0.15) is 34.2 Å². The van der Waals surface area contributed by atoms with Crippen LogP contribution in [0.4, 0.5) is 5.82 Å². The third-order valence-electron chi connectivity index (χ3n) is 3.27. The molecule has 0 saturated carbocycles. The Kier molecular flexibility index (Phi) is 4.60.